The third kappa shape index (κ3) is 4.35. The number of benzene rings is 2. The maximum Gasteiger partial charge on any atom is 0.266 e. The normalized spacial score (nSPS) is 11.0. The Morgan fingerprint density at radius 3 is 2.72 bits per heavy atom. The minimum Gasteiger partial charge on any atom is -0.325 e. The van der Waals surface area contributed by atoms with Crippen molar-refractivity contribution in [3.05, 3.63) is 76.3 Å². The second-order valence-electron chi connectivity index (χ2n) is 6.36. The van der Waals surface area contributed by atoms with Crippen molar-refractivity contribution >= 4 is 29.0 Å². The highest BCUT2D eigenvalue weighted by Crippen LogP contribution is 2.22. The first-order chi connectivity index (χ1) is 14.0. The Labute approximate surface area is 169 Å². The number of halogens is 1. The van der Waals surface area contributed by atoms with Crippen molar-refractivity contribution < 1.29 is 9.18 Å². The van der Waals surface area contributed by atoms with Crippen molar-refractivity contribution in [3.63, 3.8) is 0 Å². The quantitative estimate of drug-likeness (QED) is 0.494. The van der Waals surface area contributed by atoms with E-state index in [1.807, 2.05) is 31.2 Å². The lowest BCUT2D eigenvalue weighted by atomic mass is 10.2. The van der Waals surface area contributed by atoms with Crippen LogP contribution in [-0.2, 0) is 4.79 Å². The first-order valence-electron chi connectivity index (χ1n) is 8.73. The fourth-order valence-electron chi connectivity index (χ4n) is 2.70. The monoisotopic (exact) mass is 409 g/mol. The van der Waals surface area contributed by atoms with Crippen molar-refractivity contribution in [2.75, 3.05) is 11.1 Å². The van der Waals surface area contributed by atoms with Crippen LogP contribution in [0.15, 0.2) is 64.5 Å². The van der Waals surface area contributed by atoms with Crippen LogP contribution in [0.4, 0.5) is 10.1 Å². The number of hydrogen-bond donors (Lipinski definition) is 2. The number of H-pyrrole nitrogens is 1. The maximum atomic E-state index is 13.6. The van der Waals surface area contributed by atoms with E-state index in [0.717, 1.165) is 17.3 Å². The van der Waals surface area contributed by atoms with Crippen LogP contribution >= 0.6 is 11.8 Å². The highest BCUT2D eigenvalue weighted by molar-refractivity contribution is 7.99. The van der Waals surface area contributed by atoms with Gasteiger partial charge in [0.25, 0.3) is 5.56 Å². The number of thioether (sulfide) groups is 1. The molecule has 0 bridgehead atoms. The molecule has 2 N–H and O–H groups in total. The van der Waals surface area contributed by atoms with Crippen LogP contribution in [0.1, 0.15) is 5.56 Å². The van der Waals surface area contributed by atoms with E-state index >= 15 is 0 Å². The van der Waals surface area contributed by atoms with E-state index in [0.29, 0.717) is 22.1 Å². The standard InChI is InChI=1S/C20H16FN5O2S/c1-12-5-7-15(8-6-12)22-18(28)11-29-20-24-19(13-3-2-4-14(21)9-13)23-16-10-17(27)25-26(16)20/h2-10H,11H2,1H3,(H,22,28)(H,25,27). The van der Waals surface area contributed by atoms with Gasteiger partial charge in [0.2, 0.25) is 5.91 Å². The predicted octanol–water partition coefficient (Wildman–Crippen LogP) is 3.26. The summed E-state index contributed by atoms with van der Waals surface area (Å²) in [7, 11) is 0. The lowest BCUT2D eigenvalue weighted by molar-refractivity contribution is -0.113. The van der Waals surface area contributed by atoms with Gasteiger partial charge in [0, 0.05) is 17.3 Å². The molecule has 2 heterocycles. The molecule has 0 radical (unpaired) electrons. The smallest absolute Gasteiger partial charge is 0.266 e. The van der Waals surface area contributed by atoms with Crippen LogP contribution in [0.2, 0.25) is 0 Å². The second-order valence-corrected chi connectivity index (χ2v) is 7.30. The van der Waals surface area contributed by atoms with E-state index in [1.54, 1.807) is 12.1 Å². The summed E-state index contributed by atoms with van der Waals surface area (Å²) < 4.78 is 15.0. The molecular formula is C20H16FN5O2S. The SMILES string of the molecule is Cc1ccc(NC(=O)CSc2nc(-c3cccc(F)c3)nc3cc(=O)[nH]n23)cc1. The largest absolute Gasteiger partial charge is 0.325 e. The van der Waals surface area contributed by atoms with Crippen molar-refractivity contribution in [2.24, 2.45) is 0 Å². The molecule has 0 fully saturated rings. The highest BCUT2D eigenvalue weighted by Gasteiger charge is 2.13. The Morgan fingerprint density at radius 2 is 1.97 bits per heavy atom. The number of nitrogens with zero attached hydrogens (tertiary/aromatic N) is 3. The maximum absolute atomic E-state index is 13.6. The van der Waals surface area contributed by atoms with Crippen molar-refractivity contribution in [1.29, 1.82) is 0 Å². The van der Waals surface area contributed by atoms with Gasteiger partial charge in [-0.2, -0.15) is 0 Å². The zero-order valence-corrected chi connectivity index (χ0v) is 16.2. The number of carbonyl (C=O) groups excluding carboxylic acids is 1. The van der Waals surface area contributed by atoms with Gasteiger partial charge in [-0.1, -0.05) is 41.6 Å². The lowest BCUT2D eigenvalue weighted by Crippen LogP contribution is -2.15. The van der Waals surface area contributed by atoms with E-state index in [9.17, 15) is 14.0 Å². The van der Waals surface area contributed by atoms with Crippen LogP contribution in [-0.4, -0.2) is 31.2 Å². The third-order valence-corrected chi connectivity index (χ3v) is 5.01. The van der Waals surface area contributed by atoms with Gasteiger partial charge in [0.05, 0.1) is 5.75 Å². The number of aryl methyl sites for hydroxylation is 1. The molecule has 2 aromatic heterocycles. The molecule has 29 heavy (non-hydrogen) atoms. The van der Waals surface area contributed by atoms with Gasteiger partial charge >= 0.3 is 0 Å². The van der Waals surface area contributed by atoms with Crippen molar-refractivity contribution in [2.45, 2.75) is 12.1 Å². The number of aromatic nitrogens is 4. The number of aromatic amines is 1. The Bertz CT molecular complexity index is 1250. The summed E-state index contributed by atoms with van der Waals surface area (Å²) in [5.74, 6) is -0.288. The molecule has 0 aliphatic carbocycles. The molecular weight excluding hydrogens is 393 g/mol. The molecule has 0 saturated carbocycles. The van der Waals surface area contributed by atoms with Crippen LogP contribution in [0.5, 0.6) is 0 Å². The van der Waals surface area contributed by atoms with Crippen LogP contribution < -0.4 is 10.9 Å². The highest BCUT2D eigenvalue weighted by atomic mass is 32.2. The van der Waals surface area contributed by atoms with Crippen molar-refractivity contribution in [3.8, 4) is 11.4 Å². The van der Waals surface area contributed by atoms with E-state index < -0.39 is 5.82 Å². The Hall–Kier alpha value is -3.46. The van der Waals surface area contributed by atoms with Crippen LogP contribution in [0, 0.1) is 12.7 Å². The summed E-state index contributed by atoms with van der Waals surface area (Å²) in [5.41, 5.74) is 2.27. The molecule has 0 aliphatic rings. The van der Waals surface area contributed by atoms with Gasteiger partial charge < -0.3 is 5.32 Å². The average Bonchev–Trinajstić information content (AvgIpc) is 3.08. The summed E-state index contributed by atoms with van der Waals surface area (Å²) in [6.45, 7) is 1.97. The lowest BCUT2D eigenvalue weighted by Gasteiger charge is -2.08. The Balaban J connectivity index is 1.59. The molecule has 0 aliphatic heterocycles. The summed E-state index contributed by atoms with van der Waals surface area (Å²) in [6.07, 6.45) is 0. The predicted molar refractivity (Wildman–Crippen MR) is 110 cm³/mol. The molecule has 7 nitrogen and oxygen atoms in total. The second kappa shape index (κ2) is 7.88. The van der Waals surface area contributed by atoms with Gasteiger partial charge in [0.1, 0.15) is 5.82 Å². The summed E-state index contributed by atoms with van der Waals surface area (Å²) in [4.78, 5) is 32.8. The van der Waals surface area contributed by atoms with Gasteiger partial charge in [-0.15, -0.1) is 0 Å². The first-order valence-corrected chi connectivity index (χ1v) is 9.71. The van der Waals surface area contributed by atoms with Crippen LogP contribution in [0.3, 0.4) is 0 Å². The molecule has 146 valence electrons. The minimum atomic E-state index is -0.413. The van der Waals surface area contributed by atoms with E-state index in [2.05, 4.69) is 20.4 Å². The third-order valence-electron chi connectivity index (χ3n) is 4.08. The average molecular weight is 409 g/mol. The van der Waals surface area contributed by atoms with Gasteiger partial charge in [0.15, 0.2) is 16.6 Å². The summed E-state index contributed by atoms with van der Waals surface area (Å²) >= 11 is 1.14. The summed E-state index contributed by atoms with van der Waals surface area (Å²) in [5, 5.41) is 5.79. The molecule has 0 atom stereocenters. The number of anilines is 1. The summed E-state index contributed by atoms with van der Waals surface area (Å²) in [6, 6.07) is 14.7. The van der Waals surface area contributed by atoms with Gasteiger partial charge in [-0.05, 0) is 31.2 Å². The van der Waals surface area contributed by atoms with Gasteiger partial charge in [-0.25, -0.2) is 18.9 Å². The Kier molecular flexibility index (Phi) is 5.13. The van der Waals surface area contributed by atoms with E-state index in [-0.39, 0.29) is 23.0 Å². The Morgan fingerprint density at radius 1 is 1.17 bits per heavy atom. The van der Waals surface area contributed by atoms with E-state index in [1.165, 1.54) is 22.7 Å². The number of carbonyl (C=O) groups is 1. The molecule has 0 saturated heterocycles. The molecule has 9 heteroatoms. The number of nitrogens with one attached hydrogen (secondary N) is 2. The van der Waals surface area contributed by atoms with Gasteiger partial charge in [-0.3, -0.25) is 14.7 Å². The number of hydrogen-bond acceptors (Lipinski definition) is 5. The number of rotatable bonds is 5. The molecule has 1 amide bonds. The molecule has 0 spiro atoms. The fraction of sp³-hybridized carbons (Fsp3) is 0.100. The van der Waals surface area contributed by atoms with E-state index in [4.69, 9.17) is 0 Å². The van der Waals surface area contributed by atoms with Crippen LogP contribution in [0.25, 0.3) is 17.0 Å². The molecule has 2 aromatic carbocycles. The number of fused-ring (bicyclic) bond motifs is 1. The fourth-order valence-corrected chi connectivity index (χ4v) is 3.45. The molecule has 4 aromatic rings. The molecule has 4 rings (SSSR count). The molecule has 0 unspecified atom stereocenters. The topological polar surface area (TPSA) is 92.2 Å². The van der Waals surface area contributed by atoms with Crippen molar-refractivity contribution in [1.82, 2.24) is 19.6 Å². The zero-order valence-electron chi connectivity index (χ0n) is 15.3. The minimum absolute atomic E-state index is 0.0722. The number of amides is 1. The zero-order chi connectivity index (χ0) is 20.4. The first kappa shape index (κ1) is 18.9.